The Labute approximate surface area is 115 Å². The molecule has 0 radical (unpaired) electrons. The van der Waals surface area contributed by atoms with Crippen LogP contribution in [0.3, 0.4) is 0 Å². The molecule has 1 N–H and O–H groups in total. The fourth-order valence-electron chi connectivity index (χ4n) is 1.88. The Bertz CT molecular complexity index is 673. The van der Waals surface area contributed by atoms with E-state index >= 15 is 0 Å². The molecular formula is C15H12N2OS. The highest BCUT2D eigenvalue weighted by Crippen LogP contribution is 2.21. The van der Waals surface area contributed by atoms with Gasteiger partial charge in [-0.05, 0) is 29.5 Å². The van der Waals surface area contributed by atoms with Crippen molar-refractivity contribution in [2.45, 2.75) is 11.6 Å². The number of nitrogens with zero attached hydrogens (tertiary/aromatic N) is 1. The normalized spacial score (nSPS) is 10.7. The first-order valence-corrected chi connectivity index (χ1v) is 6.82. The lowest BCUT2D eigenvalue weighted by molar-refractivity contribution is -0.110. The maximum absolute atomic E-state index is 12.0. The van der Waals surface area contributed by atoms with Gasteiger partial charge in [0, 0.05) is 6.42 Å². The van der Waals surface area contributed by atoms with E-state index in [0.29, 0.717) is 11.6 Å². The molecule has 0 fully saturated rings. The number of H-pyrrole nitrogens is 1. The Balaban J connectivity index is 1.72. The van der Waals surface area contributed by atoms with Crippen molar-refractivity contribution in [1.82, 2.24) is 9.97 Å². The molecule has 0 atom stereocenters. The first-order chi connectivity index (χ1) is 9.31. The van der Waals surface area contributed by atoms with Crippen molar-refractivity contribution < 1.29 is 4.79 Å². The minimum atomic E-state index is 0.0882. The van der Waals surface area contributed by atoms with Crippen molar-refractivity contribution in [1.29, 1.82) is 0 Å². The van der Waals surface area contributed by atoms with E-state index < -0.39 is 0 Å². The summed E-state index contributed by atoms with van der Waals surface area (Å²) in [5.74, 6) is 0. The van der Waals surface area contributed by atoms with Gasteiger partial charge in [0.1, 0.15) is 0 Å². The molecule has 0 aliphatic heterocycles. The fraction of sp³-hybridized carbons (Fsp3) is 0.0667. The zero-order chi connectivity index (χ0) is 13.1. The topological polar surface area (TPSA) is 45.8 Å². The molecule has 94 valence electrons. The van der Waals surface area contributed by atoms with Crippen LogP contribution in [0.5, 0.6) is 0 Å². The van der Waals surface area contributed by atoms with Crippen molar-refractivity contribution in [3.05, 3.63) is 60.2 Å². The van der Waals surface area contributed by atoms with Gasteiger partial charge in [-0.25, -0.2) is 4.98 Å². The minimum Gasteiger partial charge on any atom is -0.333 e. The summed E-state index contributed by atoms with van der Waals surface area (Å²) in [6, 6.07) is 17.5. The molecule has 0 saturated carbocycles. The lowest BCUT2D eigenvalue weighted by Gasteiger charge is -1.98. The fourth-order valence-corrected chi connectivity index (χ4v) is 2.64. The molecule has 1 heterocycles. The number of hydrogen-bond donors (Lipinski definition) is 1. The van der Waals surface area contributed by atoms with Crippen molar-refractivity contribution >= 4 is 27.9 Å². The number of nitrogens with one attached hydrogen (secondary N) is 1. The van der Waals surface area contributed by atoms with Crippen molar-refractivity contribution in [2.24, 2.45) is 0 Å². The zero-order valence-electron chi connectivity index (χ0n) is 10.2. The Hall–Kier alpha value is -2.07. The molecule has 0 aliphatic carbocycles. The van der Waals surface area contributed by atoms with E-state index in [1.165, 1.54) is 0 Å². The summed E-state index contributed by atoms with van der Waals surface area (Å²) in [4.78, 5) is 19.5. The van der Waals surface area contributed by atoms with Gasteiger partial charge in [0.05, 0.1) is 11.0 Å². The minimum absolute atomic E-state index is 0.0882. The predicted molar refractivity (Wildman–Crippen MR) is 77.1 cm³/mol. The standard InChI is InChI=1S/C15H12N2OS/c18-14(10-11-6-2-1-3-7-11)19-15-16-12-8-4-5-9-13(12)17-15/h1-9H,10H2,(H,16,17). The lowest BCUT2D eigenvalue weighted by Crippen LogP contribution is -1.97. The van der Waals surface area contributed by atoms with Crippen molar-refractivity contribution in [3.8, 4) is 0 Å². The van der Waals surface area contributed by atoms with Crippen LogP contribution in [0.15, 0.2) is 59.8 Å². The number of aromatic amines is 1. The Morgan fingerprint density at radius 3 is 2.58 bits per heavy atom. The van der Waals surface area contributed by atoms with Crippen molar-refractivity contribution in [2.75, 3.05) is 0 Å². The van der Waals surface area contributed by atoms with Crippen molar-refractivity contribution in [3.63, 3.8) is 0 Å². The highest BCUT2D eigenvalue weighted by Gasteiger charge is 2.09. The number of aromatic nitrogens is 2. The number of imidazole rings is 1. The molecule has 0 unspecified atom stereocenters. The molecule has 3 nitrogen and oxygen atoms in total. The molecule has 19 heavy (non-hydrogen) atoms. The van der Waals surface area contributed by atoms with Gasteiger partial charge in [0.2, 0.25) is 5.12 Å². The van der Waals surface area contributed by atoms with Crippen LogP contribution in [-0.2, 0) is 11.2 Å². The van der Waals surface area contributed by atoms with E-state index in [1.54, 1.807) is 0 Å². The molecule has 3 aromatic rings. The molecule has 3 rings (SSSR count). The van der Waals surface area contributed by atoms with E-state index in [2.05, 4.69) is 9.97 Å². The van der Waals surface area contributed by atoms with Crippen LogP contribution in [0.1, 0.15) is 5.56 Å². The van der Waals surface area contributed by atoms with Crippen LogP contribution < -0.4 is 0 Å². The van der Waals surface area contributed by atoms with Gasteiger partial charge in [0.15, 0.2) is 5.16 Å². The maximum Gasteiger partial charge on any atom is 0.200 e. The molecular weight excluding hydrogens is 256 g/mol. The maximum atomic E-state index is 12.0. The summed E-state index contributed by atoms with van der Waals surface area (Å²) in [5, 5.41) is 0.743. The van der Waals surface area contributed by atoms with Gasteiger partial charge in [-0.1, -0.05) is 42.5 Å². The largest absolute Gasteiger partial charge is 0.333 e. The summed E-state index contributed by atoms with van der Waals surface area (Å²) in [7, 11) is 0. The molecule has 2 aromatic carbocycles. The summed E-state index contributed by atoms with van der Waals surface area (Å²) in [6.45, 7) is 0. The average Bonchev–Trinajstić information content (AvgIpc) is 2.81. The Morgan fingerprint density at radius 1 is 1.05 bits per heavy atom. The Kier molecular flexibility index (Phi) is 3.33. The van der Waals surface area contributed by atoms with Crippen LogP contribution in [-0.4, -0.2) is 15.1 Å². The average molecular weight is 268 g/mol. The molecule has 1 aromatic heterocycles. The number of carbonyl (C=O) groups is 1. The van der Waals surface area contributed by atoms with Gasteiger partial charge < -0.3 is 4.98 Å². The summed E-state index contributed by atoms with van der Waals surface area (Å²) in [6.07, 6.45) is 0.419. The number of rotatable bonds is 3. The molecule has 0 bridgehead atoms. The van der Waals surface area contributed by atoms with Crippen LogP contribution in [0, 0.1) is 0 Å². The lowest BCUT2D eigenvalue weighted by atomic mass is 10.2. The molecule has 0 aliphatic rings. The van der Waals surface area contributed by atoms with Crippen LogP contribution in [0.2, 0.25) is 0 Å². The van der Waals surface area contributed by atoms with Crippen LogP contribution >= 0.6 is 11.8 Å². The van der Waals surface area contributed by atoms with Gasteiger partial charge in [-0.2, -0.15) is 0 Å². The summed E-state index contributed by atoms with van der Waals surface area (Å²) < 4.78 is 0. The van der Waals surface area contributed by atoms with E-state index in [0.717, 1.165) is 28.4 Å². The third kappa shape index (κ3) is 2.85. The highest BCUT2D eigenvalue weighted by molar-refractivity contribution is 8.13. The summed E-state index contributed by atoms with van der Waals surface area (Å²) in [5.41, 5.74) is 2.87. The molecule has 0 saturated heterocycles. The SMILES string of the molecule is O=C(Cc1ccccc1)Sc1nc2ccccc2[nH]1. The Morgan fingerprint density at radius 2 is 1.79 bits per heavy atom. The smallest absolute Gasteiger partial charge is 0.200 e. The molecule has 0 spiro atoms. The second-order valence-corrected chi connectivity index (χ2v) is 5.24. The predicted octanol–water partition coefficient (Wildman–Crippen LogP) is 3.42. The number of para-hydroxylation sites is 2. The van der Waals surface area contributed by atoms with Gasteiger partial charge in [0.25, 0.3) is 0 Å². The van der Waals surface area contributed by atoms with Gasteiger partial charge in [-0.15, -0.1) is 0 Å². The number of thioether (sulfide) groups is 1. The van der Waals surface area contributed by atoms with E-state index in [4.69, 9.17) is 0 Å². The van der Waals surface area contributed by atoms with Crippen LogP contribution in [0.25, 0.3) is 11.0 Å². The number of hydrogen-bond acceptors (Lipinski definition) is 3. The highest BCUT2D eigenvalue weighted by atomic mass is 32.2. The first kappa shape index (κ1) is 12.0. The quantitative estimate of drug-likeness (QED) is 0.740. The van der Waals surface area contributed by atoms with E-state index in [1.807, 2.05) is 54.6 Å². The van der Waals surface area contributed by atoms with E-state index in [9.17, 15) is 4.79 Å². The van der Waals surface area contributed by atoms with E-state index in [-0.39, 0.29) is 5.12 Å². The van der Waals surface area contributed by atoms with Crippen LogP contribution in [0.4, 0.5) is 0 Å². The number of fused-ring (bicyclic) bond motifs is 1. The van der Waals surface area contributed by atoms with Gasteiger partial charge >= 0.3 is 0 Å². The molecule has 4 heteroatoms. The second kappa shape index (κ2) is 5.28. The second-order valence-electron chi connectivity index (χ2n) is 4.20. The third-order valence-electron chi connectivity index (χ3n) is 2.77. The first-order valence-electron chi connectivity index (χ1n) is 6.00. The van der Waals surface area contributed by atoms with Gasteiger partial charge in [-0.3, -0.25) is 4.79 Å². The monoisotopic (exact) mass is 268 g/mol. The molecule has 0 amide bonds. The summed E-state index contributed by atoms with van der Waals surface area (Å²) >= 11 is 1.16. The number of carbonyl (C=O) groups excluding carboxylic acids is 1. The third-order valence-corrected chi connectivity index (χ3v) is 3.53. The zero-order valence-corrected chi connectivity index (χ0v) is 11.0. The number of benzene rings is 2.